The number of carbonyl (C=O) groups is 1. The van der Waals surface area contributed by atoms with Crippen LogP contribution in [0, 0.1) is 0 Å². The fourth-order valence-corrected chi connectivity index (χ4v) is 4.95. The first-order chi connectivity index (χ1) is 16.5. The van der Waals surface area contributed by atoms with Gasteiger partial charge in [0.1, 0.15) is 18.1 Å². The maximum absolute atomic E-state index is 13.0. The number of sulfonamides is 1. The highest BCUT2D eigenvalue weighted by Gasteiger charge is 2.27. The largest absolute Gasteiger partial charge is 0.495 e. The number of morpholine rings is 1. The summed E-state index contributed by atoms with van der Waals surface area (Å²) in [7, 11) is -2.25. The van der Waals surface area contributed by atoms with Crippen molar-refractivity contribution in [2.45, 2.75) is 11.5 Å². The van der Waals surface area contributed by atoms with Gasteiger partial charge in [-0.25, -0.2) is 8.42 Å². The van der Waals surface area contributed by atoms with Crippen LogP contribution in [-0.2, 0) is 21.4 Å². The summed E-state index contributed by atoms with van der Waals surface area (Å²) in [6.07, 6.45) is 0. The predicted octanol–water partition coefficient (Wildman–Crippen LogP) is 3.55. The quantitative estimate of drug-likeness (QED) is 0.528. The van der Waals surface area contributed by atoms with E-state index in [0.717, 1.165) is 11.3 Å². The topological polar surface area (TPSA) is 94.2 Å². The van der Waals surface area contributed by atoms with Crippen molar-refractivity contribution >= 4 is 21.6 Å². The van der Waals surface area contributed by atoms with Crippen LogP contribution < -0.4 is 14.8 Å². The van der Waals surface area contributed by atoms with Gasteiger partial charge in [0.2, 0.25) is 10.0 Å². The number of carbonyl (C=O) groups excluding carboxylic acids is 1. The average Bonchev–Trinajstić information content (AvgIpc) is 2.89. The van der Waals surface area contributed by atoms with E-state index in [9.17, 15) is 13.2 Å². The van der Waals surface area contributed by atoms with Crippen LogP contribution in [0.5, 0.6) is 11.5 Å². The van der Waals surface area contributed by atoms with E-state index in [4.69, 9.17) is 14.2 Å². The van der Waals surface area contributed by atoms with E-state index in [1.807, 2.05) is 42.5 Å². The van der Waals surface area contributed by atoms with E-state index >= 15 is 0 Å². The molecule has 0 spiro atoms. The molecule has 0 saturated carbocycles. The van der Waals surface area contributed by atoms with Gasteiger partial charge in [-0.15, -0.1) is 0 Å². The van der Waals surface area contributed by atoms with Crippen molar-refractivity contribution in [3.63, 3.8) is 0 Å². The number of rotatable bonds is 8. The highest BCUT2D eigenvalue weighted by Crippen LogP contribution is 2.29. The second-order valence-corrected chi connectivity index (χ2v) is 9.57. The molecule has 34 heavy (non-hydrogen) atoms. The Hall–Kier alpha value is -3.40. The molecule has 178 valence electrons. The third-order valence-corrected chi connectivity index (χ3v) is 7.29. The van der Waals surface area contributed by atoms with Gasteiger partial charge in [-0.2, -0.15) is 4.31 Å². The molecule has 3 aromatic rings. The van der Waals surface area contributed by atoms with Crippen LogP contribution in [0.25, 0.3) is 0 Å². The van der Waals surface area contributed by atoms with Gasteiger partial charge in [-0.1, -0.05) is 30.3 Å². The zero-order valence-corrected chi connectivity index (χ0v) is 19.6. The molecule has 0 aromatic heterocycles. The summed E-state index contributed by atoms with van der Waals surface area (Å²) < 4.78 is 43.7. The molecule has 0 unspecified atom stereocenters. The maximum atomic E-state index is 13.0. The van der Waals surface area contributed by atoms with Crippen LogP contribution in [-0.4, -0.2) is 52.0 Å². The van der Waals surface area contributed by atoms with Gasteiger partial charge in [0.05, 0.1) is 30.9 Å². The summed E-state index contributed by atoms with van der Waals surface area (Å²) in [5.41, 5.74) is 1.61. The zero-order chi connectivity index (χ0) is 24.0. The van der Waals surface area contributed by atoms with Crippen molar-refractivity contribution in [1.82, 2.24) is 4.31 Å². The smallest absolute Gasteiger partial charge is 0.255 e. The van der Waals surface area contributed by atoms with Gasteiger partial charge >= 0.3 is 0 Å². The minimum absolute atomic E-state index is 0.0823. The van der Waals surface area contributed by atoms with Gasteiger partial charge in [0, 0.05) is 18.7 Å². The molecule has 8 nitrogen and oxygen atoms in total. The number of methoxy groups -OCH3 is 1. The minimum atomic E-state index is -3.71. The number of hydrogen-bond acceptors (Lipinski definition) is 6. The molecule has 3 aromatic carbocycles. The molecule has 1 fully saturated rings. The van der Waals surface area contributed by atoms with Gasteiger partial charge in [-0.05, 0) is 48.0 Å². The summed E-state index contributed by atoms with van der Waals surface area (Å²) in [5, 5.41) is 2.77. The summed E-state index contributed by atoms with van der Waals surface area (Å²) >= 11 is 0. The van der Waals surface area contributed by atoms with Gasteiger partial charge in [0.15, 0.2) is 0 Å². The predicted molar refractivity (Wildman–Crippen MR) is 128 cm³/mol. The molecule has 1 saturated heterocycles. The molecule has 9 heteroatoms. The van der Waals surface area contributed by atoms with Crippen molar-refractivity contribution in [1.29, 1.82) is 0 Å². The van der Waals surface area contributed by atoms with Crippen LogP contribution in [0.4, 0.5) is 5.69 Å². The molecule has 1 aliphatic rings. The number of benzene rings is 3. The van der Waals surface area contributed by atoms with Crippen molar-refractivity contribution in [2.24, 2.45) is 0 Å². The number of para-hydroxylation sites is 1. The van der Waals surface area contributed by atoms with Gasteiger partial charge in [-0.3, -0.25) is 4.79 Å². The molecular formula is C25H26N2O6S. The molecule has 1 amide bonds. The molecule has 0 atom stereocenters. The molecule has 4 rings (SSSR count). The van der Waals surface area contributed by atoms with E-state index < -0.39 is 10.0 Å². The van der Waals surface area contributed by atoms with E-state index in [0.29, 0.717) is 31.1 Å². The fourth-order valence-electron chi connectivity index (χ4n) is 3.51. The molecule has 0 aliphatic carbocycles. The first-order valence-corrected chi connectivity index (χ1v) is 12.3. The SMILES string of the molecule is COc1ccc(S(=O)(=O)N2CCOCC2)cc1NC(=O)c1ccc(COc2ccccc2)cc1. The molecule has 0 radical (unpaired) electrons. The summed E-state index contributed by atoms with van der Waals surface area (Å²) in [4.78, 5) is 12.9. The van der Waals surface area contributed by atoms with E-state index in [1.165, 1.54) is 29.6 Å². The molecule has 1 aliphatic heterocycles. The van der Waals surface area contributed by atoms with Crippen molar-refractivity contribution in [3.8, 4) is 11.5 Å². The standard InChI is InChI=1S/C25H26N2O6S/c1-31-24-12-11-22(34(29,30)27-13-15-32-16-14-27)17-23(24)26-25(28)20-9-7-19(8-10-20)18-33-21-5-3-2-4-6-21/h2-12,17H,13-16,18H2,1H3,(H,26,28). The minimum Gasteiger partial charge on any atom is -0.495 e. The number of anilines is 1. The van der Waals surface area contributed by atoms with Crippen LogP contribution in [0.1, 0.15) is 15.9 Å². The van der Waals surface area contributed by atoms with Crippen molar-refractivity contribution in [2.75, 3.05) is 38.7 Å². The lowest BCUT2D eigenvalue weighted by Gasteiger charge is -2.26. The molecule has 1 heterocycles. The molecular weight excluding hydrogens is 456 g/mol. The Morgan fingerprint density at radius 3 is 2.38 bits per heavy atom. The van der Waals surface area contributed by atoms with Crippen molar-refractivity contribution in [3.05, 3.63) is 83.9 Å². The van der Waals surface area contributed by atoms with Crippen LogP contribution in [0.3, 0.4) is 0 Å². The lowest BCUT2D eigenvalue weighted by Crippen LogP contribution is -2.40. The zero-order valence-electron chi connectivity index (χ0n) is 18.8. The Morgan fingerprint density at radius 1 is 1.00 bits per heavy atom. The Morgan fingerprint density at radius 2 is 1.71 bits per heavy atom. The molecule has 0 bridgehead atoms. The number of amides is 1. The average molecular weight is 483 g/mol. The second kappa shape index (κ2) is 10.7. The monoisotopic (exact) mass is 482 g/mol. The fraction of sp³-hybridized carbons (Fsp3) is 0.240. The van der Waals surface area contributed by atoms with Crippen LogP contribution in [0.2, 0.25) is 0 Å². The number of nitrogens with zero attached hydrogens (tertiary/aromatic N) is 1. The number of hydrogen-bond donors (Lipinski definition) is 1. The van der Waals surface area contributed by atoms with Crippen molar-refractivity contribution < 1.29 is 27.4 Å². The van der Waals surface area contributed by atoms with Crippen LogP contribution in [0.15, 0.2) is 77.7 Å². The maximum Gasteiger partial charge on any atom is 0.255 e. The van der Waals surface area contributed by atoms with E-state index in [1.54, 1.807) is 12.1 Å². The normalized spacial score (nSPS) is 14.4. The van der Waals surface area contributed by atoms with Crippen LogP contribution >= 0.6 is 0 Å². The number of ether oxygens (including phenoxy) is 3. The molecule has 1 N–H and O–H groups in total. The lowest BCUT2D eigenvalue weighted by molar-refractivity contribution is 0.0730. The van der Waals surface area contributed by atoms with Gasteiger partial charge in [0.25, 0.3) is 5.91 Å². The Kier molecular flexibility index (Phi) is 7.46. The third-order valence-electron chi connectivity index (χ3n) is 5.39. The second-order valence-electron chi connectivity index (χ2n) is 7.63. The lowest BCUT2D eigenvalue weighted by atomic mass is 10.1. The summed E-state index contributed by atoms with van der Waals surface area (Å²) in [6, 6.07) is 20.9. The van der Waals surface area contributed by atoms with E-state index in [2.05, 4.69) is 5.32 Å². The van der Waals surface area contributed by atoms with Gasteiger partial charge < -0.3 is 19.5 Å². The third kappa shape index (κ3) is 5.56. The Balaban J connectivity index is 1.47. The summed E-state index contributed by atoms with van der Waals surface area (Å²) in [5.74, 6) is 0.750. The Bertz CT molecular complexity index is 1220. The summed E-state index contributed by atoms with van der Waals surface area (Å²) in [6.45, 7) is 1.66. The number of nitrogens with one attached hydrogen (secondary N) is 1. The Labute approximate surface area is 199 Å². The first kappa shape index (κ1) is 23.7. The highest BCUT2D eigenvalue weighted by atomic mass is 32.2. The highest BCUT2D eigenvalue weighted by molar-refractivity contribution is 7.89. The van der Waals surface area contributed by atoms with E-state index in [-0.39, 0.29) is 29.6 Å². The first-order valence-electron chi connectivity index (χ1n) is 10.8.